The van der Waals surface area contributed by atoms with Crippen LogP contribution >= 0.6 is 0 Å². The molecule has 1 saturated carbocycles. The summed E-state index contributed by atoms with van der Waals surface area (Å²) in [5, 5.41) is 0. The largest absolute Gasteiger partial charge is 0.486 e. The van der Waals surface area contributed by atoms with Gasteiger partial charge in [-0.3, -0.25) is 0 Å². The Morgan fingerprint density at radius 1 is 1.00 bits per heavy atom. The molecular formula is C13H18BO2. The summed E-state index contributed by atoms with van der Waals surface area (Å²) in [6, 6.07) is 0. The van der Waals surface area contributed by atoms with Crippen LogP contribution in [-0.4, -0.2) is 18.3 Å². The van der Waals surface area contributed by atoms with Crippen LogP contribution in [-0.2, 0) is 9.31 Å². The number of hydrogen-bond acceptors (Lipinski definition) is 2. The minimum absolute atomic E-state index is 0.250. The van der Waals surface area contributed by atoms with Crippen molar-refractivity contribution in [3.63, 3.8) is 0 Å². The summed E-state index contributed by atoms with van der Waals surface area (Å²) in [5.41, 5.74) is -0.512. The Kier molecular flexibility index (Phi) is 3.19. The van der Waals surface area contributed by atoms with E-state index in [1.807, 2.05) is 24.9 Å². The maximum Gasteiger partial charge on any atom is 0.486 e. The number of rotatable bonds is 2. The lowest BCUT2D eigenvalue weighted by molar-refractivity contribution is 0.00578. The molecule has 0 N–H and O–H groups in total. The molecule has 0 amide bonds. The third-order valence-corrected chi connectivity index (χ3v) is 3.41. The van der Waals surface area contributed by atoms with Crippen LogP contribution in [0, 0.1) is 31.6 Å². The first kappa shape index (κ1) is 12.2. The highest BCUT2D eigenvalue weighted by atomic mass is 16.7. The predicted octanol–water partition coefficient (Wildman–Crippen LogP) is 2.58. The van der Waals surface area contributed by atoms with E-state index in [0.29, 0.717) is 0 Å². The van der Waals surface area contributed by atoms with E-state index in [9.17, 15) is 0 Å². The number of hydrogen-bond donors (Lipinski definition) is 0. The first-order chi connectivity index (χ1) is 7.41. The first-order valence-corrected chi connectivity index (χ1v) is 5.66. The Balaban J connectivity index is 1.93. The quantitative estimate of drug-likeness (QED) is 0.662. The van der Waals surface area contributed by atoms with Gasteiger partial charge in [0.1, 0.15) is 0 Å². The summed E-state index contributed by atoms with van der Waals surface area (Å²) < 4.78 is 11.7. The topological polar surface area (TPSA) is 18.5 Å². The highest BCUT2D eigenvalue weighted by molar-refractivity contribution is 6.51. The van der Waals surface area contributed by atoms with Crippen molar-refractivity contribution >= 4 is 7.12 Å². The summed E-state index contributed by atoms with van der Waals surface area (Å²) in [7, 11) is -0.250. The zero-order chi connectivity index (χ0) is 11.8. The standard InChI is InChI=1S/C13H18BO2/c1-12(2)13(3,4)16-14(15-12)10-9-11-7-5-6-8-11/h5-10H,1-4H3/b10-9+. The molecule has 2 aliphatic rings. The Hall–Kier alpha value is -0.275. The summed E-state index contributed by atoms with van der Waals surface area (Å²) in [5.74, 6) is 3.14. The average molecular weight is 217 g/mol. The van der Waals surface area contributed by atoms with Crippen molar-refractivity contribution in [1.82, 2.24) is 0 Å². The molecule has 0 atom stereocenters. The van der Waals surface area contributed by atoms with Crippen molar-refractivity contribution in [2.24, 2.45) is 0 Å². The van der Waals surface area contributed by atoms with Gasteiger partial charge < -0.3 is 9.31 Å². The Labute approximate surface area is 99.5 Å². The van der Waals surface area contributed by atoms with Crippen molar-refractivity contribution in [3.05, 3.63) is 43.7 Å². The first-order valence-electron chi connectivity index (χ1n) is 5.66. The van der Waals surface area contributed by atoms with Crippen LogP contribution in [0.15, 0.2) is 12.1 Å². The average Bonchev–Trinajstić information content (AvgIpc) is 2.70. The van der Waals surface area contributed by atoms with Gasteiger partial charge in [-0.1, -0.05) is 12.1 Å². The lowest BCUT2D eigenvalue weighted by Crippen LogP contribution is -2.41. The molecular weight excluding hydrogens is 199 g/mol. The van der Waals surface area contributed by atoms with Gasteiger partial charge in [0, 0.05) is 5.92 Å². The monoisotopic (exact) mass is 217 g/mol. The molecule has 85 valence electrons. The van der Waals surface area contributed by atoms with Crippen LogP contribution in [0.25, 0.3) is 0 Å². The third kappa shape index (κ3) is 2.35. The fraction of sp³-hybridized carbons (Fsp3) is 0.462. The molecule has 0 spiro atoms. The SMILES string of the molecule is CC1(C)OB(/C=C/[C]2[CH][CH][CH][CH]2)OC1(C)C. The molecule has 1 aliphatic carbocycles. The van der Waals surface area contributed by atoms with E-state index in [1.165, 1.54) is 5.92 Å². The molecule has 1 heterocycles. The lowest BCUT2D eigenvalue weighted by atomic mass is 9.88. The molecule has 2 fully saturated rings. The van der Waals surface area contributed by atoms with Gasteiger partial charge in [-0.05, 0) is 53.4 Å². The molecule has 1 aliphatic heterocycles. The minimum atomic E-state index is -0.256. The fourth-order valence-corrected chi connectivity index (χ4v) is 1.66. The van der Waals surface area contributed by atoms with E-state index in [-0.39, 0.29) is 18.3 Å². The van der Waals surface area contributed by atoms with Crippen LogP contribution in [0.4, 0.5) is 0 Å². The van der Waals surface area contributed by atoms with Gasteiger partial charge in [-0.2, -0.15) is 0 Å². The van der Waals surface area contributed by atoms with Crippen molar-refractivity contribution < 1.29 is 9.31 Å². The van der Waals surface area contributed by atoms with Gasteiger partial charge in [0.15, 0.2) is 0 Å². The van der Waals surface area contributed by atoms with Gasteiger partial charge in [0.2, 0.25) is 0 Å². The summed E-state index contributed by atoms with van der Waals surface area (Å²) in [6.07, 6.45) is 10.2. The Bertz CT molecular complexity index is 262. The molecule has 2 nitrogen and oxygen atoms in total. The normalized spacial score (nSPS) is 29.4. The summed E-state index contributed by atoms with van der Waals surface area (Å²) in [4.78, 5) is 0. The van der Waals surface area contributed by atoms with Crippen molar-refractivity contribution in [2.75, 3.05) is 0 Å². The Morgan fingerprint density at radius 3 is 2.00 bits per heavy atom. The maximum absolute atomic E-state index is 5.85. The van der Waals surface area contributed by atoms with Crippen molar-refractivity contribution in [2.45, 2.75) is 38.9 Å². The third-order valence-electron chi connectivity index (χ3n) is 3.41. The highest BCUT2D eigenvalue weighted by Crippen LogP contribution is 2.37. The van der Waals surface area contributed by atoms with Crippen molar-refractivity contribution in [1.29, 1.82) is 0 Å². The van der Waals surface area contributed by atoms with Crippen LogP contribution < -0.4 is 0 Å². The second-order valence-corrected chi connectivity index (χ2v) is 5.20. The molecule has 3 heteroatoms. The van der Waals surface area contributed by atoms with Gasteiger partial charge in [0.25, 0.3) is 0 Å². The van der Waals surface area contributed by atoms with E-state index in [2.05, 4.69) is 40.5 Å². The van der Waals surface area contributed by atoms with E-state index in [4.69, 9.17) is 9.31 Å². The van der Waals surface area contributed by atoms with E-state index >= 15 is 0 Å². The molecule has 0 aromatic heterocycles. The highest BCUT2D eigenvalue weighted by Gasteiger charge is 2.50. The maximum atomic E-state index is 5.85. The van der Waals surface area contributed by atoms with Crippen LogP contribution in [0.5, 0.6) is 0 Å². The summed E-state index contributed by atoms with van der Waals surface area (Å²) in [6.45, 7) is 8.24. The van der Waals surface area contributed by atoms with E-state index in [1.54, 1.807) is 0 Å². The van der Waals surface area contributed by atoms with Gasteiger partial charge >= 0.3 is 7.12 Å². The zero-order valence-corrected chi connectivity index (χ0v) is 10.4. The minimum Gasteiger partial charge on any atom is -0.400 e. The predicted molar refractivity (Wildman–Crippen MR) is 65.7 cm³/mol. The summed E-state index contributed by atoms with van der Waals surface area (Å²) >= 11 is 0. The second-order valence-electron chi connectivity index (χ2n) is 5.20. The smallest absolute Gasteiger partial charge is 0.400 e. The van der Waals surface area contributed by atoms with Crippen LogP contribution in [0.3, 0.4) is 0 Å². The lowest BCUT2D eigenvalue weighted by Gasteiger charge is -2.32. The molecule has 0 aromatic carbocycles. The van der Waals surface area contributed by atoms with Crippen LogP contribution in [0.1, 0.15) is 27.7 Å². The molecule has 0 bridgehead atoms. The second kappa shape index (κ2) is 4.19. The van der Waals surface area contributed by atoms with E-state index < -0.39 is 0 Å². The van der Waals surface area contributed by atoms with Gasteiger partial charge in [-0.25, -0.2) is 0 Å². The number of allylic oxidation sites excluding steroid dienone is 1. The van der Waals surface area contributed by atoms with Crippen molar-refractivity contribution in [3.8, 4) is 0 Å². The van der Waals surface area contributed by atoms with Crippen LogP contribution in [0.2, 0.25) is 0 Å². The molecule has 1 saturated heterocycles. The fourth-order valence-electron chi connectivity index (χ4n) is 1.66. The molecule has 2 rings (SSSR count). The molecule has 0 aromatic rings. The van der Waals surface area contributed by atoms with Gasteiger partial charge in [0.05, 0.1) is 11.2 Å². The zero-order valence-electron chi connectivity index (χ0n) is 10.4. The van der Waals surface area contributed by atoms with E-state index in [0.717, 1.165) is 0 Å². The Morgan fingerprint density at radius 2 is 1.50 bits per heavy atom. The molecule has 5 radical (unpaired) electrons. The van der Waals surface area contributed by atoms with Gasteiger partial charge in [-0.15, -0.1) is 0 Å². The molecule has 16 heavy (non-hydrogen) atoms. The molecule has 0 unspecified atom stereocenters.